The zero-order valence-electron chi connectivity index (χ0n) is 14.3. The van der Waals surface area contributed by atoms with Crippen LogP contribution in [0.25, 0.3) is 22.0 Å². The van der Waals surface area contributed by atoms with Crippen molar-refractivity contribution in [2.75, 3.05) is 5.32 Å². The fourth-order valence-electron chi connectivity index (χ4n) is 2.89. The Morgan fingerprint density at radius 3 is 2.78 bits per heavy atom. The first-order chi connectivity index (χ1) is 13.0. The number of pyridine rings is 1. The largest absolute Gasteiger partial charge is 0.320 e. The number of nitrogens with one attached hydrogen (secondary N) is 2. The highest BCUT2D eigenvalue weighted by molar-refractivity contribution is 6.11. The summed E-state index contributed by atoms with van der Waals surface area (Å²) in [5.41, 5.74) is 2.72. The van der Waals surface area contributed by atoms with Crippen molar-refractivity contribution < 1.29 is 13.6 Å². The molecule has 0 unspecified atom stereocenters. The van der Waals surface area contributed by atoms with E-state index in [0.717, 1.165) is 11.8 Å². The van der Waals surface area contributed by atoms with Crippen molar-refractivity contribution in [3.63, 3.8) is 0 Å². The van der Waals surface area contributed by atoms with Gasteiger partial charge < -0.3 is 5.32 Å². The topological polar surface area (TPSA) is 70.7 Å². The zero-order valence-corrected chi connectivity index (χ0v) is 14.3. The lowest BCUT2D eigenvalue weighted by Crippen LogP contribution is -2.13. The van der Waals surface area contributed by atoms with E-state index in [9.17, 15) is 13.6 Å². The van der Waals surface area contributed by atoms with Gasteiger partial charge in [0.25, 0.3) is 5.91 Å². The van der Waals surface area contributed by atoms with Crippen LogP contribution in [-0.2, 0) is 0 Å². The molecule has 0 saturated carbocycles. The first-order valence-corrected chi connectivity index (χ1v) is 8.19. The Hall–Kier alpha value is -3.61. The molecule has 134 valence electrons. The summed E-state index contributed by atoms with van der Waals surface area (Å²) in [6.07, 6.45) is 1.60. The summed E-state index contributed by atoms with van der Waals surface area (Å²) in [4.78, 5) is 16.7. The number of rotatable bonds is 3. The van der Waals surface area contributed by atoms with Crippen LogP contribution >= 0.6 is 0 Å². The van der Waals surface area contributed by atoms with E-state index in [4.69, 9.17) is 0 Å². The third-order valence-corrected chi connectivity index (χ3v) is 4.20. The van der Waals surface area contributed by atoms with E-state index in [1.165, 1.54) is 12.1 Å². The lowest BCUT2D eigenvalue weighted by Gasteiger charge is -2.06. The predicted molar refractivity (Wildman–Crippen MR) is 98.4 cm³/mol. The molecule has 27 heavy (non-hydrogen) atoms. The van der Waals surface area contributed by atoms with Gasteiger partial charge in [0.2, 0.25) is 0 Å². The molecule has 4 rings (SSSR count). The Balaban J connectivity index is 1.74. The lowest BCUT2D eigenvalue weighted by atomic mass is 10.0. The molecule has 0 aliphatic rings. The van der Waals surface area contributed by atoms with Gasteiger partial charge in [-0.25, -0.2) is 8.78 Å². The van der Waals surface area contributed by atoms with Gasteiger partial charge in [-0.15, -0.1) is 0 Å². The minimum Gasteiger partial charge on any atom is -0.320 e. The molecular formula is C20H14F2N4O. The summed E-state index contributed by atoms with van der Waals surface area (Å²) in [5.74, 6) is -2.27. The third-order valence-electron chi connectivity index (χ3n) is 4.20. The van der Waals surface area contributed by atoms with Crippen molar-refractivity contribution in [2.24, 2.45) is 0 Å². The Morgan fingerprint density at radius 2 is 1.96 bits per heavy atom. The third kappa shape index (κ3) is 3.15. The molecule has 0 spiro atoms. The molecule has 0 aliphatic carbocycles. The molecule has 0 fully saturated rings. The van der Waals surface area contributed by atoms with Crippen LogP contribution in [0.2, 0.25) is 0 Å². The number of hydrogen-bond acceptors (Lipinski definition) is 3. The molecule has 4 aromatic rings. The Labute approximate surface area is 153 Å². The number of aromatic nitrogens is 3. The molecule has 7 heteroatoms. The number of halogens is 2. The molecule has 1 amide bonds. The number of carbonyl (C=O) groups excluding carboxylic acids is 1. The second kappa shape index (κ2) is 6.60. The highest BCUT2D eigenvalue weighted by atomic mass is 19.2. The van der Waals surface area contributed by atoms with E-state index >= 15 is 0 Å². The number of fused-ring (bicyclic) bond motifs is 1. The average Bonchev–Trinajstić information content (AvgIpc) is 3.07. The number of amides is 1. The quantitative estimate of drug-likeness (QED) is 0.564. The van der Waals surface area contributed by atoms with Crippen LogP contribution in [-0.4, -0.2) is 21.1 Å². The number of anilines is 1. The Kier molecular flexibility index (Phi) is 4.12. The maximum Gasteiger partial charge on any atom is 0.276 e. The first kappa shape index (κ1) is 16.8. The second-order valence-corrected chi connectivity index (χ2v) is 6.07. The monoisotopic (exact) mass is 364 g/mol. The van der Waals surface area contributed by atoms with E-state index in [1.807, 2.05) is 6.92 Å². The average molecular weight is 364 g/mol. The van der Waals surface area contributed by atoms with Crippen molar-refractivity contribution in [2.45, 2.75) is 6.92 Å². The standard InChI is InChI=1S/C20H14F2N4O/c1-11-9-13(7-8-23-11)24-20(27)19-15-10-12(5-6-17(15)25-26-19)14-3-2-4-16(21)18(14)22/h2-10H,1H3,(H,25,26)(H,23,24,27). The van der Waals surface area contributed by atoms with E-state index in [-0.39, 0.29) is 11.3 Å². The SMILES string of the molecule is Cc1cc(NC(=O)c2n[nH]c3ccc(-c4cccc(F)c4F)cc23)ccn1. The van der Waals surface area contributed by atoms with Gasteiger partial charge in [0.15, 0.2) is 17.3 Å². The van der Waals surface area contributed by atoms with Gasteiger partial charge in [0.05, 0.1) is 5.52 Å². The lowest BCUT2D eigenvalue weighted by molar-refractivity contribution is 0.102. The fourth-order valence-corrected chi connectivity index (χ4v) is 2.89. The first-order valence-electron chi connectivity index (χ1n) is 8.19. The minimum absolute atomic E-state index is 0.120. The van der Waals surface area contributed by atoms with Gasteiger partial charge in [0, 0.05) is 28.5 Å². The molecule has 2 heterocycles. The fraction of sp³-hybridized carbons (Fsp3) is 0.0500. The number of hydrogen-bond donors (Lipinski definition) is 2. The van der Waals surface area contributed by atoms with Crippen LogP contribution in [0, 0.1) is 18.6 Å². The van der Waals surface area contributed by atoms with Crippen molar-refractivity contribution in [1.82, 2.24) is 15.2 Å². The summed E-state index contributed by atoms with van der Waals surface area (Å²) in [5, 5.41) is 10.1. The molecule has 0 saturated heterocycles. The van der Waals surface area contributed by atoms with Crippen LogP contribution < -0.4 is 5.32 Å². The van der Waals surface area contributed by atoms with Gasteiger partial charge in [0.1, 0.15) is 0 Å². The van der Waals surface area contributed by atoms with E-state index in [0.29, 0.717) is 22.2 Å². The molecule has 0 bridgehead atoms. The van der Waals surface area contributed by atoms with E-state index < -0.39 is 17.5 Å². The van der Waals surface area contributed by atoms with E-state index in [2.05, 4.69) is 20.5 Å². The Bertz CT molecular complexity index is 1170. The summed E-state index contributed by atoms with van der Waals surface area (Å²) >= 11 is 0. The van der Waals surface area contributed by atoms with Crippen LogP contribution in [0.1, 0.15) is 16.2 Å². The van der Waals surface area contributed by atoms with Crippen LogP contribution in [0.4, 0.5) is 14.5 Å². The molecule has 0 radical (unpaired) electrons. The second-order valence-electron chi connectivity index (χ2n) is 6.07. The number of H-pyrrole nitrogens is 1. The summed E-state index contributed by atoms with van der Waals surface area (Å²) in [6, 6.07) is 12.3. The number of aryl methyl sites for hydroxylation is 1. The number of benzene rings is 2. The maximum absolute atomic E-state index is 14.1. The van der Waals surface area contributed by atoms with Crippen molar-refractivity contribution >= 4 is 22.5 Å². The molecule has 2 aromatic heterocycles. The number of aromatic amines is 1. The van der Waals surface area contributed by atoms with Crippen molar-refractivity contribution in [3.05, 3.63) is 77.8 Å². The molecule has 0 aliphatic heterocycles. The number of nitrogens with zero attached hydrogens (tertiary/aromatic N) is 2. The molecule has 5 nitrogen and oxygen atoms in total. The van der Waals surface area contributed by atoms with Gasteiger partial charge in [-0.05, 0) is 42.8 Å². The highest BCUT2D eigenvalue weighted by Gasteiger charge is 2.17. The van der Waals surface area contributed by atoms with Gasteiger partial charge in [-0.3, -0.25) is 14.9 Å². The summed E-state index contributed by atoms with van der Waals surface area (Å²) < 4.78 is 27.7. The van der Waals surface area contributed by atoms with E-state index in [1.54, 1.807) is 36.5 Å². The summed E-state index contributed by atoms with van der Waals surface area (Å²) in [6.45, 7) is 1.82. The van der Waals surface area contributed by atoms with Gasteiger partial charge in [-0.2, -0.15) is 5.10 Å². The van der Waals surface area contributed by atoms with Gasteiger partial charge >= 0.3 is 0 Å². The molecular weight excluding hydrogens is 350 g/mol. The Morgan fingerprint density at radius 1 is 1.11 bits per heavy atom. The highest BCUT2D eigenvalue weighted by Crippen LogP contribution is 2.28. The predicted octanol–water partition coefficient (Wildman–Crippen LogP) is 4.46. The molecule has 2 N–H and O–H groups in total. The molecule has 2 aromatic carbocycles. The van der Waals surface area contributed by atoms with Gasteiger partial charge in [-0.1, -0.05) is 18.2 Å². The van der Waals surface area contributed by atoms with Crippen molar-refractivity contribution in [1.29, 1.82) is 0 Å². The molecule has 0 atom stereocenters. The minimum atomic E-state index is -0.932. The van der Waals surface area contributed by atoms with Crippen molar-refractivity contribution in [3.8, 4) is 11.1 Å². The number of carbonyl (C=O) groups is 1. The zero-order chi connectivity index (χ0) is 19.0. The van der Waals surface area contributed by atoms with Crippen LogP contribution in [0.3, 0.4) is 0 Å². The smallest absolute Gasteiger partial charge is 0.276 e. The van der Waals surface area contributed by atoms with Crippen LogP contribution in [0.5, 0.6) is 0 Å². The van der Waals surface area contributed by atoms with Crippen LogP contribution in [0.15, 0.2) is 54.7 Å². The normalized spacial score (nSPS) is 10.9. The summed E-state index contributed by atoms with van der Waals surface area (Å²) in [7, 11) is 0. The maximum atomic E-state index is 14.1.